The second-order valence-corrected chi connectivity index (χ2v) is 4.93. The normalized spacial score (nSPS) is 12.4. The predicted molar refractivity (Wildman–Crippen MR) is 81.5 cm³/mol. The summed E-state index contributed by atoms with van der Waals surface area (Å²) in [6.07, 6.45) is 9.13. The molecule has 0 aliphatic rings. The third-order valence-electron chi connectivity index (χ3n) is 3.31. The van der Waals surface area contributed by atoms with Gasteiger partial charge in [0.15, 0.2) is 0 Å². The summed E-state index contributed by atoms with van der Waals surface area (Å²) in [4.78, 5) is 8.15. The Morgan fingerprint density at radius 1 is 1.25 bits per heavy atom. The van der Waals surface area contributed by atoms with Crippen molar-refractivity contribution in [1.82, 2.24) is 14.5 Å². The van der Waals surface area contributed by atoms with Crippen LogP contribution in [0.2, 0.25) is 0 Å². The molecule has 1 aromatic carbocycles. The number of pyridine rings is 1. The van der Waals surface area contributed by atoms with E-state index in [0.29, 0.717) is 0 Å². The molecule has 0 saturated carbocycles. The molecule has 2 aromatic heterocycles. The van der Waals surface area contributed by atoms with E-state index < -0.39 is 0 Å². The largest absolute Gasteiger partial charge is 0.397 e. The number of nitrogens with zero attached hydrogens (tertiary/aromatic N) is 3. The fourth-order valence-corrected chi connectivity index (χ4v) is 2.34. The predicted octanol–water partition coefficient (Wildman–Crippen LogP) is 2.51. The van der Waals surface area contributed by atoms with Crippen LogP contribution in [0.5, 0.6) is 0 Å². The van der Waals surface area contributed by atoms with Gasteiger partial charge in [-0.15, -0.1) is 0 Å². The first-order chi connectivity index (χ1) is 9.74. The Hall–Kier alpha value is -2.56. The smallest absolute Gasteiger partial charge is 0.0946 e. The Morgan fingerprint density at radius 2 is 2.15 bits per heavy atom. The minimum atomic E-state index is 0.255. The van der Waals surface area contributed by atoms with Gasteiger partial charge in [0.25, 0.3) is 0 Å². The molecule has 5 nitrogen and oxygen atoms in total. The molecule has 3 N–H and O–H groups in total. The molecule has 1 unspecified atom stereocenters. The van der Waals surface area contributed by atoms with E-state index in [1.807, 2.05) is 41.5 Å². The second-order valence-electron chi connectivity index (χ2n) is 4.93. The van der Waals surface area contributed by atoms with E-state index in [2.05, 4.69) is 22.2 Å². The lowest BCUT2D eigenvalue weighted by molar-refractivity contribution is 0.619. The number of hydrogen-bond acceptors (Lipinski definition) is 4. The summed E-state index contributed by atoms with van der Waals surface area (Å²) >= 11 is 0. The first-order valence-corrected chi connectivity index (χ1v) is 6.58. The Morgan fingerprint density at radius 3 is 2.95 bits per heavy atom. The number of nitrogens with one attached hydrogen (secondary N) is 1. The van der Waals surface area contributed by atoms with Crippen molar-refractivity contribution in [2.24, 2.45) is 0 Å². The zero-order valence-electron chi connectivity index (χ0n) is 11.3. The van der Waals surface area contributed by atoms with E-state index in [4.69, 9.17) is 5.73 Å². The highest BCUT2D eigenvalue weighted by atomic mass is 15.1. The summed E-state index contributed by atoms with van der Waals surface area (Å²) in [6, 6.07) is 6.23. The quantitative estimate of drug-likeness (QED) is 0.713. The van der Waals surface area contributed by atoms with Gasteiger partial charge in [-0.3, -0.25) is 4.98 Å². The lowest BCUT2D eigenvalue weighted by atomic mass is 10.1. The molecule has 0 saturated heterocycles. The summed E-state index contributed by atoms with van der Waals surface area (Å²) in [7, 11) is 0. The molecule has 1 atom stereocenters. The molecule has 102 valence electrons. The van der Waals surface area contributed by atoms with Gasteiger partial charge in [0, 0.05) is 48.1 Å². The number of fused-ring (bicyclic) bond motifs is 1. The first kappa shape index (κ1) is 12.5. The van der Waals surface area contributed by atoms with Gasteiger partial charge in [-0.05, 0) is 19.1 Å². The van der Waals surface area contributed by atoms with Gasteiger partial charge in [0.1, 0.15) is 0 Å². The van der Waals surface area contributed by atoms with E-state index in [9.17, 15) is 0 Å². The average Bonchev–Trinajstić information content (AvgIpc) is 2.95. The van der Waals surface area contributed by atoms with Gasteiger partial charge in [0.05, 0.1) is 17.7 Å². The van der Waals surface area contributed by atoms with Gasteiger partial charge in [-0.25, -0.2) is 4.98 Å². The number of nitrogen functional groups attached to an aromatic ring is 1. The molecule has 0 aliphatic carbocycles. The molecular formula is C15H17N5. The summed E-state index contributed by atoms with van der Waals surface area (Å²) in [6.45, 7) is 2.96. The number of anilines is 2. The number of aromatic nitrogens is 3. The van der Waals surface area contributed by atoms with Gasteiger partial charge >= 0.3 is 0 Å². The Kier molecular flexibility index (Phi) is 3.25. The third kappa shape index (κ3) is 2.42. The average molecular weight is 267 g/mol. The molecule has 0 bridgehead atoms. The van der Waals surface area contributed by atoms with Crippen molar-refractivity contribution in [3.8, 4) is 0 Å². The van der Waals surface area contributed by atoms with Crippen LogP contribution in [0.1, 0.15) is 6.92 Å². The van der Waals surface area contributed by atoms with Crippen molar-refractivity contribution in [2.45, 2.75) is 19.5 Å². The zero-order chi connectivity index (χ0) is 13.9. The van der Waals surface area contributed by atoms with Crippen LogP contribution in [0.15, 0.2) is 49.3 Å². The van der Waals surface area contributed by atoms with Gasteiger partial charge in [-0.2, -0.15) is 0 Å². The fraction of sp³-hybridized carbons (Fsp3) is 0.200. The van der Waals surface area contributed by atoms with Crippen molar-refractivity contribution < 1.29 is 0 Å². The third-order valence-corrected chi connectivity index (χ3v) is 3.31. The Bertz CT molecular complexity index is 705. The van der Waals surface area contributed by atoms with Gasteiger partial charge < -0.3 is 15.6 Å². The number of benzene rings is 1. The van der Waals surface area contributed by atoms with Crippen LogP contribution >= 0.6 is 0 Å². The Labute approximate surface area is 117 Å². The molecule has 5 heteroatoms. The maximum atomic E-state index is 6.23. The van der Waals surface area contributed by atoms with Crippen molar-refractivity contribution in [2.75, 3.05) is 11.1 Å². The first-order valence-electron chi connectivity index (χ1n) is 6.58. The maximum absolute atomic E-state index is 6.23. The highest BCUT2D eigenvalue weighted by Gasteiger charge is 2.08. The summed E-state index contributed by atoms with van der Waals surface area (Å²) in [5, 5.41) is 5.53. The molecule has 20 heavy (non-hydrogen) atoms. The van der Waals surface area contributed by atoms with Gasteiger partial charge in [-0.1, -0.05) is 6.07 Å². The molecule has 0 radical (unpaired) electrons. The van der Waals surface area contributed by atoms with Crippen LogP contribution < -0.4 is 11.1 Å². The van der Waals surface area contributed by atoms with Crippen LogP contribution in [0.4, 0.5) is 11.4 Å². The summed E-state index contributed by atoms with van der Waals surface area (Å²) in [5.41, 5.74) is 7.95. The molecule has 3 aromatic rings. The number of rotatable bonds is 4. The van der Waals surface area contributed by atoms with Crippen LogP contribution in [0.3, 0.4) is 0 Å². The molecule has 3 rings (SSSR count). The summed E-state index contributed by atoms with van der Waals surface area (Å²) in [5.74, 6) is 0. The highest BCUT2D eigenvalue weighted by Crippen LogP contribution is 2.28. The van der Waals surface area contributed by atoms with Gasteiger partial charge in [0.2, 0.25) is 0 Å². The van der Waals surface area contributed by atoms with Crippen molar-refractivity contribution >= 4 is 22.1 Å². The lowest BCUT2D eigenvalue weighted by Crippen LogP contribution is -2.21. The zero-order valence-corrected chi connectivity index (χ0v) is 11.3. The Balaban J connectivity index is 1.82. The SMILES string of the molecule is CC(Cn1ccnc1)Nc1ccc2cnccc2c1N. The standard InChI is InChI=1S/C15H17N5/c1-11(9-20-7-6-18-10-20)19-14-3-2-12-8-17-5-4-13(12)15(14)16/h2-8,10-11,19H,9,16H2,1H3. The van der Waals surface area contributed by atoms with Crippen LogP contribution in [-0.4, -0.2) is 20.6 Å². The lowest BCUT2D eigenvalue weighted by Gasteiger charge is -2.18. The topological polar surface area (TPSA) is 68.8 Å². The van der Waals surface area contributed by atoms with Crippen molar-refractivity contribution in [3.05, 3.63) is 49.3 Å². The number of hydrogen-bond donors (Lipinski definition) is 2. The maximum Gasteiger partial charge on any atom is 0.0946 e. The van der Waals surface area contributed by atoms with Crippen LogP contribution in [0, 0.1) is 0 Å². The van der Waals surface area contributed by atoms with Crippen molar-refractivity contribution in [3.63, 3.8) is 0 Å². The monoisotopic (exact) mass is 267 g/mol. The summed E-state index contributed by atoms with van der Waals surface area (Å²) < 4.78 is 2.04. The van der Waals surface area contributed by atoms with E-state index in [1.54, 1.807) is 12.4 Å². The molecule has 0 spiro atoms. The number of nitrogens with two attached hydrogens (primary N) is 1. The molecule has 2 heterocycles. The molecule has 0 amide bonds. The second kappa shape index (κ2) is 5.21. The minimum absolute atomic E-state index is 0.255. The molecule has 0 aliphatic heterocycles. The van der Waals surface area contributed by atoms with E-state index >= 15 is 0 Å². The molecule has 0 fully saturated rings. The van der Waals surface area contributed by atoms with Crippen LogP contribution in [-0.2, 0) is 6.54 Å². The van der Waals surface area contributed by atoms with Crippen LogP contribution in [0.25, 0.3) is 10.8 Å². The van der Waals surface area contributed by atoms with E-state index in [1.165, 1.54) is 0 Å². The van der Waals surface area contributed by atoms with E-state index in [-0.39, 0.29) is 6.04 Å². The highest BCUT2D eigenvalue weighted by molar-refractivity contribution is 5.98. The molecular weight excluding hydrogens is 250 g/mol. The number of imidazole rings is 1. The van der Waals surface area contributed by atoms with Crippen molar-refractivity contribution in [1.29, 1.82) is 0 Å². The fourth-order valence-electron chi connectivity index (χ4n) is 2.34. The van der Waals surface area contributed by atoms with E-state index in [0.717, 1.165) is 28.7 Å². The minimum Gasteiger partial charge on any atom is -0.397 e.